The Balaban J connectivity index is 1.60. The van der Waals surface area contributed by atoms with Crippen molar-refractivity contribution in [2.75, 3.05) is 6.61 Å². The van der Waals surface area contributed by atoms with Crippen LogP contribution in [0.5, 0.6) is 11.5 Å². The van der Waals surface area contributed by atoms with Gasteiger partial charge >= 0.3 is 0 Å². The van der Waals surface area contributed by atoms with Crippen molar-refractivity contribution in [3.05, 3.63) is 53.9 Å². The van der Waals surface area contributed by atoms with Gasteiger partial charge in [-0.2, -0.15) is 0 Å². The molecule has 1 saturated carbocycles. The van der Waals surface area contributed by atoms with Crippen molar-refractivity contribution in [3.63, 3.8) is 0 Å². The van der Waals surface area contributed by atoms with Gasteiger partial charge in [0, 0.05) is 25.4 Å². The van der Waals surface area contributed by atoms with E-state index in [1.807, 2.05) is 18.2 Å². The van der Waals surface area contributed by atoms with Crippen LogP contribution in [0.1, 0.15) is 30.4 Å². The predicted molar refractivity (Wildman–Crippen MR) is 90.5 cm³/mol. The van der Waals surface area contributed by atoms with Gasteiger partial charge in [-0.1, -0.05) is 12.1 Å². The molecule has 1 aromatic carbocycles. The predicted octanol–water partition coefficient (Wildman–Crippen LogP) is 3.43. The fourth-order valence-corrected chi connectivity index (χ4v) is 2.86. The first-order chi connectivity index (χ1) is 11.3. The van der Waals surface area contributed by atoms with Crippen molar-refractivity contribution in [1.29, 1.82) is 0 Å². The first-order valence-corrected chi connectivity index (χ1v) is 8.28. The number of nitrogens with zero attached hydrogens (tertiary/aromatic N) is 1. The summed E-state index contributed by atoms with van der Waals surface area (Å²) >= 11 is 0. The number of hydrogen-bond acceptors (Lipinski definition) is 4. The molecule has 1 aliphatic carbocycles. The van der Waals surface area contributed by atoms with Gasteiger partial charge in [0.05, 0.1) is 6.20 Å². The van der Waals surface area contributed by atoms with Gasteiger partial charge < -0.3 is 15.2 Å². The summed E-state index contributed by atoms with van der Waals surface area (Å²) in [5.41, 5.74) is 2.35. The van der Waals surface area contributed by atoms with Crippen LogP contribution in [0.25, 0.3) is 0 Å². The highest BCUT2D eigenvalue weighted by Gasteiger charge is 2.30. The number of pyridine rings is 1. The Bertz CT molecular complexity index is 627. The number of hydrogen-bond donors (Lipinski definition) is 2. The third-order valence-electron chi connectivity index (χ3n) is 4.30. The minimum atomic E-state index is 0.255. The molecule has 1 unspecified atom stereocenters. The number of aliphatic hydroxyl groups excluding tert-OH is 1. The summed E-state index contributed by atoms with van der Waals surface area (Å²) in [5.74, 6) is 2.35. The average molecular weight is 312 g/mol. The van der Waals surface area contributed by atoms with Crippen LogP contribution in [0.2, 0.25) is 0 Å². The molecule has 23 heavy (non-hydrogen) atoms. The van der Waals surface area contributed by atoms with Crippen LogP contribution in [0.4, 0.5) is 0 Å². The Morgan fingerprint density at radius 1 is 1.35 bits per heavy atom. The quantitative estimate of drug-likeness (QED) is 0.784. The molecule has 1 aliphatic rings. The third-order valence-corrected chi connectivity index (χ3v) is 4.30. The lowest BCUT2D eigenvalue weighted by Gasteiger charge is -2.17. The van der Waals surface area contributed by atoms with E-state index in [0.717, 1.165) is 35.9 Å². The zero-order chi connectivity index (χ0) is 16.1. The highest BCUT2D eigenvalue weighted by atomic mass is 16.5. The van der Waals surface area contributed by atoms with Gasteiger partial charge in [0.1, 0.15) is 11.5 Å². The summed E-state index contributed by atoms with van der Waals surface area (Å²) in [7, 11) is 0. The molecule has 122 valence electrons. The normalized spacial score (nSPS) is 15.4. The minimum absolute atomic E-state index is 0.255. The lowest BCUT2D eigenvalue weighted by atomic mass is 10.1. The van der Waals surface area contributed by atoms with Gasteiger partial charge in [-0.25, -0.2) is 0 Å². The van der Waals surface area contributed by atoms with E-state index < -0.39 is 0 Å². The van der Waals surface area contributed by atoms with Gasteiger partial charge in [-0.3, -0.25) is 4.98 Å². The number of benzene rings is 1. The van der Waals surface area contributed by atoms with Gasteiger partial charge in [-0.15, -0.1) is 0 Å². The van der Waals surface area contributed by atoms with Gasteiger partial charge in [-0.05, 0) is 61.4 Å². The van der Waals surface area contributed by atoms with E-state index in [4.69, 9.17) is 9.84 Å². The van der Waals surface area contributed by atoms with E-state index in [-0.39, 0.29) is 6.61 Å². The van der Waals surface area contributed by atoms with Crippen molar-refractivity contribution in [1.82, 2.24) is 10.3 Å². The summed E-state index contributed by atoms with van der Waals surface area (Å²) < 4.78 is 5.86. The smallest absolute Gasteiger partial charge is 0.145 e. The van der Waals surface area contributed by atoms with Crippen LogP contribution in [0.3, 0.4) is 0 Å². The van der Waals surface area contributed by atoms with Crippen LogP contribution >= 0.6 is 0 Å². The molecule has 0 radical (unpaired) electrons. The molecule has 0 bridgehead atoms. The molecule has 0 spiro atoms. The van der Waals surface area contributed by atoms with Gasteiger partial charge in [0.15, 0.2) is 0 Å². The van der Waals surface area contributed by atoms with Crippen molar-refractivity contribution in [2.24, 2.45) is 5.92 Å². The number of ether oxygens (including phenoxy) is 1. The van der Waals surface area contributed by atoms with E-state index in [1.54, 1.807) is 12.4 Å². The molecule has 1 heterocycles. The second-order valence-electron chi connectivity index (χ2n) is 6.23. The molecule has 2 N–H and O–H groups in total. The minimum Gasteiger partial charge on any atom is -0.455 e. The van der Waals surface area contributed by atoms with E-state index in [2.05, 4.69) is 29.4 Å². The highest BCUT2D eigenvalue weighted by Crippen LogP contribution is 2.34. The Labute approximate surface area is 137 Å². The zero-order valence-corrected chi connectivity index (χ0v) is 13.5. The molecule has 1 atom stereocenters. The molecule has 2 aromatic rings. The Kier molecular flexibility index (Phi) is 5.26. The van der Waals surface area contributed by atoms with E-state index in [1.165, 1.54) is 18.4 Å². The summed E-state index contributed by atoms with van der Waals surface area (Å²) in [6, 6.07) is 10.5. The summed E-state index contributed by atoms with van der Waals surface area (Å²) in [6.45, 7) is 3.14. The number of aryl methyl sites for hydroxylation is 1. The maximum Gasteiger partial charge on any atom is 0.145 e. The SMILES string of the molecule is Cc1cc(CNC(CCO)C2CC2)ccc1Oc1cccnc1. The van der Waals surface area contributed by atoms with Crippen LogP contribution in [-0.2, 0) is 6.54 Å². The number of aliphatic hydroxyl groups is 1. The molecule has 4 nitrogen and oxygen atoms in total. The van der Waals surface area contributed by atoms with Crippen LogP contribution < -0.4 is 10.1 Å². The molecule has 0 aliphatic heterocycles. The molecule has 0 amide bonds. The standard InChI is InChI=1S/C19H24N2O2/c1-14-11-15(12-21-18(8-10-22)16-5-6-16)4-7-19(14)23-17-3-2-9-20-13-17/h2-4,7,9,11,13,16,18,21-22H,5-6,8,10,12H2,1H3. The molecule has 1 aromatic heterocycles. The van der Waals surface area contributed by atoms with E-state index >= 15 is 0 Å². The number of rotatable bonds is 8. The Morgan fingerprint density at radius 2 is 2.22 bits per heavy atom. The van der Waals surface area contributed by atoms with Crippen molar-refractivity contribution >= 4 is 0 Å². The van der Waals surface area contributed by atoms with Gasteiger partial charge in [0.2, 0.25) is 0 Å². The molecular weight excluding hydrogens is 288 g/mol. The van der Waals surface area contributed by atoms with Crippen molar-refractivity contribution in [2.45, 2.75) is 38.8 Å². The fraction of sp³-hybridized carbons (Fsp3) is 0.421. The second-order valence-corrected chi connectivity index (χ2v) is 6.23. The molecule has 0 saturated heterocycles. The Hall–Kier alpha value is -1.91. The van der Waals surface area contributed by atoms with E-state index in [0.29, 0.717) is 6.04 Å². The maximum absolute atomic E-state index is 9.17. The lowest BCUT2D eigenvalue weighted by Crippen LogP contribution is -2.31. The average Bonchev–Trinajstić information content (AvgIpc) is 3.40. The fourth-order valence-electron chi connectivity index (χ4n) is 2.86. The van der Waals surface area contributed by atoms with Crippen molar-refractivity contribution < 1.29 is 9.84 Å². The zero-order valence-electron chi connectivity index (χ0n) is 13.5. The first kappa shape index (κ1) is 16.0. The molecule has 4 heteroatoms. The Morgan fingerprint density at radius 3 is 2.87 bits per heavy atom. The van der Waals surface area contributed by atoms with E-state index in [9.17, 15) is 0 Å². The first-order valence-electron chi connectivity index (χ1n) is 8.28. The largest absolute Gasteiger partial charge is 0.455 e. The molecule has 1 fully saturated rings. The monoisotopic (exact) mass is 312 g/mol. The van der Waals surface area contributed by atoms with Gasteiger partial charge in [0.25, 0.3) is 0 Å². The number of aromatic nitrogens is 1. The van der Waals surface area contributed by atoms with Crippen LogP contribution in [0, 0.1) is 12.8 Å². The third kappa shape index (κ3) is 4.53. The topological polar surface area (TPSA) is 54.4 Å². The molecule has 3 rings (SSSR count). The molecular formula is C19H24N2O2. The summed E-state index contributed by atoms with van der Waals surface area (Å²) in [4.78, 5) is 4.06. The lowest BCUT2D eigenvalue weighted by molar-refractivity contribution is 0.255. The van der Waals surface area contributed by atoms with Crippen molar-refractivity contribution in [3.8, 4) is 11.5 Å². The summed E-state index contributed by atoms with van der Waals surface area (Å²) in [6.07, 6.45) is 6.86. The second kappa shape index (κ2) is 7.57. The highest BCUT2D eigenvalue weighted by molar-refractivity contribution is 5.39. The van der Waals surface area contributed by atoms with Crippen LogP contribution in [-0.4, -0.2) is 22.7 Å². The number of nitrogens with one attached hydrogen (secondary N) is 1. The van der Waals surface area contributed by atoms with Crippen LogP contribution in [0.15, 0.2) is 42.7 Å². The maximum atomic E-state index is 9.17. The summed E-state index contributed by atoms with van der Waals surface area (Å²) in [5, 5.41) is 12.8.